The summed E-state index contributed by atoms with van der Waals surface area (Å²) < 4.78 is 0. The summed E-state index contributed by atoms with van der Waals surface area (Å²) in [4.78, 5) is 0. The Bertz CT molecular complexity index is 168. The van der Waals surface area contributed by atoms with Crippen LogP contribution in [-0.2, 0) is 0 Å². The third kappa shape index (κ3) is 6.49. The van der Waals surface area contributed by atoms with Crippen molar-refractivity contribution in [1.29, 1.82) is 0 Å². The predicted octanol–water partition coefficient (Wildman–Crippen LogP) is 3.72. The molecule has 0 aliphatic heterocycles. The number of rotatable bonds is 7. The normalized spacial score (nSPS) is 16.5. The fourth-order valence-corrected chi connectivity index (χ4v) is 2.82. The lowest BCUT2D eigenvalue weighted by Gasteiger charge is -2.30. The fourth-order valence-electron chi connectivity index (χ4n) is 2.82. The van der Waals surface area contributed by atoms with Gasteiger partial charge in [0.05, 0.1) is 0 Å². The summed E-state index contributed by atoms with van der Waals surface area (Å²) in [5.41, 5.74) is 3.44. The molecule has 16 heavy (non-hydrogen) atoms. The Hall–Kier alpha value is -0.0800. The number of hydrazine groups is 1. The van der Waals surface area contributed by atoms with Crippen LogP contribution in [0.5, 0.6) is 0 Å². The maximum Gasteiger partial charge on any atom is 0.0241 e. The monoisotopic (exact) mass is 228 g/mol. The average molecular weight is 228 g/mol. The molecule has 0 bridgehead atoms. The maximum absolute atomic E-state index is 5.69. The van der Waals surface area contributed by atoms with E-state index in [2.05, 4.69) is 47.0 Å². The Morgan fingerprint density at radius 2 is 1.62 bits per heavy atom. The molecule has 2 heteroatoms. The molecule has 2 atom stereocenters. The predicted molar refractivity (Wildman–Crippen MR) is 73.0 cm³/mol. The van der Waals surface area contributed by atoms with Crippen molar-refractivity contribution in [1.82, 2.24) is 5.43 Å². The van der Waals surface area contributed by atoms with E-state index in [0.717, 1.165) is 5.92 Å². The Kier molecular flexibility index (Phi) is 7.25. The van der Waals surface area contributed by atoms with Crippen LogP contribution < -0.4 is 11.3 Å². The van der Waals surface area contributed by atoms with Gasteiger partial charge in [0.1, 0.15) is 0 Å². The van der Waals surface area contributed by atoms with Crippen molar-refractivity contribution in [2.24, 2.45) is 23.1 Å². The van der Waals surface area contributed by atoms with E-state index in [1.807, 2.05) is 0 Å². The molecular weight excluding hydrogens is 196 g/mol. The molecule has 0 aromatic carbocycles. The van der Waals surface area contributed by atoms with Crippen molar-refractivity contribution in [2.75, 3.05) is 0 Å². The molecule has 0 aromatic rings. The lowest BCUT2D eigenvalue weighted by molar-refractivity contribution is 0.237. The van der Waals surface area contributed by atoms with Crippen LogP contribution in [0.4, 0.5) is 0 Å². The van der Waals surface area contributed by atoms with Crippen molar-refractivity contribution in [3.63, 3.8) is 0 Å². The molecular formula is C14H32N2. The average Bonchev–Trinajstić information content (AvgIpc) is 2.15. The first kappa shape index (κ1) is 15.9. The lowest BCUT2D eigenvalue weighted by Crippen LogP contribution is -2.42. The molecule has 3 N–H and O–H groups in total. The van der Waals surface area contributed by atoms with E-state index in [-0.39, 0.29) is 0 Å². The quantitative estimate of drug-likeness (QED) is 0.515. The highest BCUT2D eigenvalue weighted by molar-refractivity contribution is 4.77. The zero-order chi connectivity index (χ0) is 12.8. The summed E-state index contributed by atoms with van der Waals surface area (Å²) in [6.45, 7) is 13.8. The molecule has 0 heterocycles. The number of nitrogens with two attached hydrogens (primary N) is 1. The van der Waals surface area contributed by atoms with Crippen LogP contribution in [0.3, 0.4) is 0 Å². The van der Waals surface area contributed by atoms with Crippen LogP contribution in [0, 0.1) is 17.3 Å². The third-order valence-electron chi connectivity index (χ3n) is 3.45. The first-order valence-corrected chi connectivity index (χ1v) is 6.80. The second-order valence-electron chi connectivity index (χ2n) is 6.46. The largest absolute Gasteiger partial charge is 0.271 e. The van der Waals surface area contributed by atoms with Gasteiger partial charge in [0.25, 0.3) is 0 Å². The number of hydrogen-bond acceptors (Lipinski definition) is 2. The first-order chi connectivity index (χ1) is 7.34. The van der Waals surface area contributed by atoms with Gasteiger partial charge >= 0.3 is 0 Å². The highest BCUT2D eigenvalue weighted by atomic mass is 15.2. The van der Waals surface area contributed by atoms with Gasteiger partial charge in [-0.15, -0.1) is 0 Å². The summed E-state index contributed by atoms with van der Waals surface area (Å²) in [7, 11) is 0. The van der Waals surface area contributed by atoms with Crippen molar-refractivity contribution >= 4 is 0 Å². The van der Waals surface area contributed by atoms with Crippen molar-refractivity contribution < 1.29 is 0 Å². The molecule has 0 fully saturated rings. The van der Waals surface area contributed by atoms with Gasteiger partial charge in [-0.3, -0.25) is 11.3 Å². The van der Waals surface area contributed by atoms with Crippen LogP contribution in [0.2, 0.25) is 0 Å². The van der Waals surface area contributed by atoms with Crippen molar-refractivity contribution in [3.8, 4) is 0 Å². The van der Waals surface area contributed by atoms with Crippen molar-refractivity contribution in [2.45, 2.75) is 73.3 Å². The third-order valence-corrected chi connectivity index (χ3v) is 3.45. The van der Waals surface area contributed by atoms with E-state index in [4.69, 9.17) is 5.84 Å². The molecule has 0 spiro atoms. The van der Waals surface area contributed by atoms with E-state index < -0.39 is 0 Å². The molecule has 0 aliphatic carbocycles. The van der Waals surface area contributed by atoms with E-state index in [1.165, 1.54) is 25.7 Å². The second kappa shape index (κ2) is 7.29. The van der Waals surface area contributed by atoms with Crippen LogP contribution in [0.1, 0.15) is 67.2 Å². The van der Waals surface area contributed by atoms with Gasteiger partial charge in [0.2, 0.25) is 0 Å². The van der Waals surface area contributed by atoms with Crippen LogP contribution in [0.25, 0.3) is 0 Å². The first-order valence-electron chi connectivity index (χ1n) is 6.80. The highest BCUT2D eigenvalue weighted by Crippen LogP contribution is 2.28. The molecule has 98 valence electrons. The minimum atomic E-state index is 0.423. The molecule has 2 nitrogen and oxygen atoms in total. The molecule has 0 aromatic heterocycles. The molecule has 0 amide bonds. The van der Waals surface area contributed by atoms with Gasteiger partial charge in [-0.25, -0.2) is 0 Å². The molecule has 2 unspecified atom stereocenters. The molecule has 0 rings (SSSR count). The summed E-state index contributed by atoms with van der Waals surface area (Å²) in [6, 6.07) is 0.479. The van der Waals surface area contributed by atoms with Crippen LogP contribution >= 0.6 is 0 Å². The summed E-state index contributed by atoms with van der Waals surface area (Å²) >= 11 is 0. The summed E-state index contributed by atoms with van der Waals surface area (Å²) in [6.07, 6.45) is 4.90. The smallest absolute Gasteiger partial charge is 0.0241 e. The van der Waals surface area contributed by atoms with E-state index in [9.17, 15) is 0 Å². The fraction of sp³-hybridized carbons (Fsp3) is 1.00. The Labute approximate surface area is 102 Å². The maximum atomic E-state index is 5.69. The van der Waals surface area contributed by atoms with Gasteiger partial charge in [-0.2, -0.15) is 0 Å². The molecule has 0 radical (unpaired) electrons. The Morgan fingerprint density at radius 3 is 1.94 bits per heavy atom. The minimum Gasteiger partial charge on any atom is -0.271 e. The Balaban J connectivity index is 4.20. The van der Waals surface area contributed by atoms with Crippen molar-refractivity contribution in [3.05, 3.63) is 0 Å². The van der Waals surface area contributed by atoms with Gasteiger partial charge in [-0.05, 0) is 30.1 Å². The Morgan fingerprint density at radius 1 is 1.12 bits per heavy atom. The molecule has 0 saturated carbocycles. The summed E-state index contributed by atoms with van der Waals surface area (Å²) in [5, 5.41) is 0. The zero-order valence-electron chi connectivity index (χ0n) is 12.1. The summed E-state index contributed by atoms with van der Waals surface area (Å²) in [5.74, 6) is 7.14. The minimum absolute atomic E-state index is 0.423. The standard InChI is InChI=1S/C14H32N2/c1-7-12(8-2)13(16-15)9-11(3)10-14(4,5)6/h11-13,16H,7-10,15H2,1-6H3. The van der Waals surface area contributed by atoms with Gasteiger partial charge in [-0.1, -0.05) is 54.4 Å². The number of hydrogen-bond donors (Lipinski definition) is 2. The van der Waals surface area contributed by atoms with Gasteiger partial charge in [0, 0.05) is 6.04 Å². The molecule has 0 saturated heterocycles. The van der Waals surface area contributed by atoms with Crippen LogP contribution in [-0.4, -0.2) is 6.04 Å². The zero-order valence-corrected chi connectivity index (χ0v) is 12.1. The second-order valence-corrected chi connectivity index (χ2v) is 6.46. The SMILES string of the molecule is CCC(CC)C(CC(C)CC(C)(C)C)NN. The number of nitrogens with one attached hydrogen (secondary N) is 1. The van der Waals surface area contributed by atoms with Gasteiger partial charge < -0.3 is 0 Å². The van der Waals surface area contributed by atoms with Gasteiger partial charge in [0.15, 0.2) is 0 Å². The van der Waals surface area contributed by atoms with E-state index in [1.54, 1.807) is 0 Å². The highest BCUT2D eigenvalue weighted by Gasteiger charge is 2.22. The van der Waals surface area contributed by atoms with E-state index >= 15 is 0 Å². The topological polar surface area (TPSA) is 38.0 Å². The lowest BCUT2D eigenvalue weighted by atomic mass is 9.80. The van der Waals surface area contributed by atoms with E-state index in [0.29, 0.717) is 17.4 Å². The van der Waals surface area contributed by atoms with Crippen LogP contribution in [0.15, 0.2) is 0 Å². The molecule has 0 aliphatic rings.